The van der Waals surface area contributed by atoms with Crippen molar-refractivity contribution in [2.75, 3.05) is 20.3 Å². The molecule has 0 spiro atoms. The Hall–Kier alpha value is -1.97. The lowest BCUT2D eigenvalue weighted by Gasteiger charge is -2.23. The van der Waals surface area contributed by atoms with E-state index in [4.69, 9.17) is 14.2 Å². The van der Waals surface area contributed by atoms with E-state index < -0.39 is 5.41 Å². The first-order valence-electron chi connectivity index (χ1n) is 6.64. The van der Waals surface area contributed by atoms with E-state index in [0.29, 0.717) is 31.1 Å². The number of methoxy groups -OCH3 is 1. The first-order chi connectivity index (χ1) is 9.57. The summed E-state index contributed by atoms with van der Waals surface area (Å²) in [5, 5.41) is 0. The van der Waals surface area contributed by atoms with E-state index in [1.165, 1.54) is 0 Å². The number of esters is 1. The van der Waals surface area contributed by atoms with Crippen LogP contribution in [0.1, 0.15) is 20.3 Å². The molecule has 4 heteroatoms. The number of carbonyl (C=O) groups is 1. The number of ether oxygens (including phenoxy) is 3. The minimum absolute atomic E-state index is 0.279. The van der Waals surface area contributed by atoms with Crippen LogP contribution in [-0.2, 0) is 9.53 Å². The maximum atomic E-state index is 11.9. The van der Waals surface area contributed by atoms with Crippen LogP contribution in [0.15, 0.2) is 36.9 Å². The molecule has 1 rings (SSSR count). The SMILES string of the molecule is C=CC(C)(CCOc1ccccc1OC)C(=O)OCC. The monoisotopic (exact) mass is 278 g/mol. The third-order valence-corrected chi connectivity index (χ3v) is 3.14. The molecule has 0 fully saturated rings. The van der Waals surface area contributed by atoms with Crippen molar-refractivity contribution >= 4 is 5.97 Å². The van der Waals surface area contributed by atoms with Crippen molar-refractivity contribution < 1.29 is 19.0 Å². The number of benzene rings is 1. The Morgan fingerprint density at radius 3 is 2.55 bits per heavy atom. The van der Waals surface area contributed by atoms with Crippen LogP contribution in [0, 0.1) is 5.41 Å². The molecule has 0 amide bonds. The molecule has 0 aliphatic rings. The van der Waals surface area contributed by atoms with Crippen LogP contribution in [-0.4, -0.2) is 26.3 Å². The fraction of sp³-hybridized carbons (Fsp3) is 0.438. The number of hydrogen-bond acceptors (Lipinski definition) is 4. The Morgan fingerprint density at radius 1 is 1.35 bits per heavy atom. The molecule has 4 nitrogen and oxygen atoms in total. The van der Waals surface area contributed by atoms with Gasteiger partial charge >= 0.3 is 5.97 Å². The molecule has 0 radical (unpaired) electrons. The van der Waals surface area contributed by atoms with Gasteiger partial charge in [-0.15, -0.1) is 6.58 Å². The summed E-state index contributed by atoms with van der Waals surface area (Å²) in [7, 11) is 1.59. The van der Waals surface area contributed by atoms with Crippen molar-refractivity contribution in [3.8, 4) is 11.5 Å². The van der Waals surface area contributed by atoms with Crippen molar-refractivity contribution in [2.24, 2.45) is 5.41 Å². The van der Waals surface area contributed by atoms with Gasteiger partial charge in [-0.25, -0.2) is 0 Å². The molecule has 1 unspecified atom stereocenters. The predicted octanol–water partition coefficient (Wildman–Crippen LogP) is 3.22. The molecule has 110 valence electrons. The molecular formula is C16H22O4. The van der Waals surface area contributed by atoms with Crippen LogP contribution in [0.5, 0.6) is 11.5 Å². The third kappa shape index (κ3) is 4.02. The van der Waals surface area contributed by atoms with Gasteiger partial charge in [0.25, 0.3) is 0 Å². The van der Waals surface area contributed by atoms with Gasteiger partial charge in [-0.05, 0) is 26.0 Å². The van der Waals surface area contributed by atoms with Gasteiger partial charge in [-0.2, -0.15) is 0 Å². The van der Waals surface area contributed by atoms with Crippen LogP contribution in [0.2, 0.25) is 0 Å². The van der Waals surface area contributed by atoms with Gasteiger partial charge in [-0.1, -0.05) is 18.2 Å². The zero-order valence-electron chi connectivity index (χ0n) is 12.3. The maximum absolute atomic E-state index is 11.9. The minimum Gasteiger partial charge on any atom is -0.493 e. The van der Waals surface area contributed by atoms with Crippen molar-refractivity contribution in [3.63, 3.8) is 0 Å². The Kier molecular flexibility index (Phi) is 6.10. The maximum Gasteiger partial charge on any atom is 0.315 e. The average Bonchev–Trinajstić information content (AvgIpc) is 2.47. The summed E-state index contributed by atoms with van der Waals surface area (Å²) < 4.78 is 15.9. The highest BCUT2D eigenvalue weighted by atomic mass is 16.5. The molecule has 0 aromatic heterocycles. The van der Waals surface area contributed by atoms with E-state index >= 15 is 0 Å². The van der Waals surface area contributed by atoms with Gasteiger partial charge < -0.3 is 14.2 Å². The van der Waals surface area contributed by atoms with Crippen LogP contribution < -0.4 is 9.47 Å². The smallest absolute Gasteiger partial charge is 0.315 e. The van der Waals surface area contributed by atoms with Crippen LogP contribution in [0.25, 0.3) is 0 Å². The second kappa shape index (κ2) is 7.58. The lowest BCUT2D eigenvalue weighted by molar-refractivity contribution is -0.152. The zero-order valence-corrected chi connectivity index (χ0v) is 12.3. The van der Waals surface area contributed by atoms with E-state index in [9.17, 15) is 4.79 Å². The molecule has 0 saturated heterocycles. The zero-order chi connectivity index (χ0) is 15.0. The summed E-state index contributed by atoms with van der Waals surface area (Å²) in [6, 6.07) is 7.40. The van der Waals surface area contributed by atoms with E-state index in [1.807, 2.05) is 24.3 Å². The first-order valence-corrected chi connectivity index (χ1v) is 6.64. The highest BCUT2D eigenvalue weighted by Crippen LogP contribution is 2.29. The highest BCUT2D eigenvalue weighted by Gasteiger charge is 2.31. The van der Waals surface area contributed by atoms with Crippen molar-refractivity contribution in [2.45, 2.75) is 20.3 Å². The second-order valence-corrected chi connectivity index (χ2v) is 4.59. The van der Waals surface area contributed by atoms with E-state index in [1.54, 1.807) is 27.0 Å². The predicted molar refractivity (Wildman–Crippen MR) is 78.0 cm³/mol. The molecule has 1 aromatic rings. The fourth-order valence-corrected chi connectivity index (χ4v) is 1.69. The van der Waals surface area contributed by atoms with Gasteiger partial charge in [0.1, 0.15) is 0 Å². The molecule has 0 N–H and O–H groups in total. The largest absolute Gasteiger partial charge is 0.493 e. The van der Waals surface area contributed by atoms with Crippen LogP contribution in [0.3, 0.4) is 0 Å². The van der Waals surface area contributed by atoms with Gasteiger partial charge in [-0.3, -0.25) is 4.79 Å². The summed E-state index contributed by atoms with van der Waals surface area (Å²) in [5.41, 5.74) is -0.738. The lowest BCUT2D eigenvalue weighted by Crippen LogP contribution is -2.29. The second-order valence-electron chi connectivity index (χ2n) is 4.59. The summed E-state index contributed by atoms with van der Waals surface area (Å²) in [5.74, 6) is 1.05. The third-order valence-electron chi connectivity index (χ3n) is 3.14. The molecule has 0 aliphatic heterocycles. The summed E-state index contributed by atoms with van der Waals surface area (Å²) in [4.78, 5) is 11.9. The summed E-state index contributed by atoms with van der Waals surface area (Å²) in [6.07, 6.45) is 2.10. The number of hydrogen-bond donors (Lipinski definition) is 0. The van der Waals surface area contributed by atoms with Crippen molar-refractivity contribution in [3.05, 3.63) is 36.9 Å². The van der Waals surface area contributed by atoms with Gasteiger partial charge in [0, 0.05) is 6.42 Å². The highest BCUT2D eigenvalue weighted by molar-refractivity contribution is 5.78. The molecule has 0 heterocycles. The molecule has 0 bridgehead atoms. The molecule has 0 saturated carbocycles. The van der Waals surface area contributed by atoms with Crippen molar-refractivity contribution in [1.29, 1.82) is 0 Å². The number of para-hydroxylation sites is 2. The normalized spacial score (nSPS) is 13.2. The fourth-order valence-electron chi connectivity index (χ4n) is 1.69. The van der Waals surface area contributed by atoms with E-state index in [0.717, 1.165) is 0 Å². The quantitative estimate of drug-likeness (QED) is 0.541. The Labute approximate surface area is 120 Å². The lowest BCUT2D eigenvalue weighted by atomic mass is 9.87. The van der Waals surface area contributed by atoms with E-state index in [-0.39, 0.29) is 5.97 Å². The van der Waals surface area contributed by atoms with Crippen molar-refractivity contribution in [1.82, 2.24) is 0 Å². The average molecular weight is 278 g/mol. The van der Waals surface area contributed by atoms with Gasteiger partial charge in [0.15, 0.2) is 11.5 Å². The summed E-state index contributed by atoms with van der Waals surface area (Å²) >= 11 is 0. The molecule has 0 aliphatic carbocycles. The molecule has 1 atom stereocenters. The molecule has 1 aromatic carbocycles. The topological polar surface area (TPSA) is 44.8 Å². The molecular weight excluding hydrogens is 256 g/mol. The van der Waals surface area contributed by atoms with Gasteiger partial charge in [0.2, 0.25) is 0 Å². The summed E-state index contributed by atoms with van der Waals surface area (Å²) in [6.45, 7) is 8.03. The number of carbonyl (C=O) groups excluding carboxylic acids is 1. The first kappa shape index (κ1) is 16.1. The Morgan fingerprint density at radius 2 is 2.00 bits per heavy atom. The Balaban J connectivity index is 2.61. The van der Waals surface area contributed by atoms with Gasteiger partial charge in [0.05, 0.1) is 25.7 Å². The number of rotatable bonds is 8. The Bertz CT molecular complexity index is 456. The molecule has 20 heavy (non-hydrogen) atoms. The van der Waals surface area contributed by atoms with Crippen LogP contribution >= 0.6 is 0 Å². The minimum atomic E-state index is -0.738. The standard InChI is InChI=1S/C16H22O4/c1-5-16(3,15(17)19-6-2)11-12-20-14-10-8-7-9-13(14)18-4/h5,7-10H,1,6,11-12H2,2-4H3. The van der Waals surface area contributed by atoms with Crippen LogP contribution in [0.4, 0.5) is 0 Å². The van der Waals surface area contributed by atoms with E-state index in [2.05, 4.69) is 6.58 Å².